The van der Waals surface area contributed by atoms with Crippen molar-refractivity contribution in [3.63, 3.8) is 0 Å². The van der Waals surface area contributed by atoms with E-state index >= 15 is 0 Å². The summed E-state index contributed by atoms with van der Waals surface area (Å²) in [5.74, 6) is 0.758. The highest BCUT2D eigenvalue weighted by Gasteiger charge is 2.29. The van der Waals surface area contributed by atoms with Crippen molar-refractivity contribution in [1.29, 1.82) is 0 Å². The number of carbonyl (C=O) groups is 1. The van der Waals surface area contributed by atoms with Gasteiger partial charge in [-0.1, -0.05) is 30.2 Å². The van der Waals surface area contributed by atoms with Crippen LogP contribution < -0.4 is 5.32 Å². The number of amides is 1. The van der Waals surface area contributed by atoms with Crippen LogP contribution in [0.5, 0.6) is 0 Å². The highest BCUT2D eigenvalue weighted by atomic mass is 35.5. The molecule has 0 heterocycles. The van der Waals surface area contributed by atoms with Crippen LogP contribution in [0.3, 0.4) is 0 Å². The fraction of sp³-hybridized carbons (Fsp3) is 0.350. The zero-order valence-electron chi connectivity index (χ0n) is 15.4. The van der Waals surface area contributed by atoms with E-state index in [-0.39, 0.29) is 10.8 Å². The number of hydrogen-bond acceptors (Lipinski definition) is 4. The third kappa shape index (κ3) is 5.74. The Morgan fingerprint density at radius 3 is 2.48 bits per heavy atom. The molecular formula is C20H24ClNO3S2. The fourth-order valence-corrected chi connectivity index (χ4v) is 5.33. The van der Waals surface area contributed by atoms with Gasteiger partial charge >= 0.3 is 0 Å². The van der Waals surface area contributed by atoms with E-state index in [0.717, 1.165) is 18.6 Å². The molecule has 27 heavy (non-hydrogen) atoms. The second kappa shape index (κ2) is 10.2. The summed E-state index contributed by atoms with van der Waals surface area (Å²) in [7, 11) is -2.05. The molecule has 7 heteroatoms. The standard InChI is InChI=1S/C20H24ClNO3S2/c1-22-20(23)16-7-5-6-15(14-16)19(8-3-4-13-26-2)27(24,25)18-11-9-17(21)10-12-18/h5-7,9-12,14,19H,3-4,8,13H2,1-2H3,(H,22,23). The van der Waals surface area contributed by atoms with Crippen molar-refractivity contribution in [3.05, 3.63) is 64.7 Å². The maximum Gasteiger partial charge on any atom is 0.251 e. The molecule has 0 bridgehead atoms. The molecule has 4 nitrogen and oxygen atoms in total. The summed E-state index contributed by atoms with van der Waals surface area (Å²) < 4.78 is 26.6. The Hall–Kier alpha value is -1.50. The molecule has 0 saturated carbocycles. The van der Waals surface area contributed by atoms with Gasteiger partial charge in [-0.3, -0.25) is 4.79 Å². The monoisotopic (exact) mass is 425 g/mol. The van der Waals surface area contributed by atoms with E-state index < -0.39 is 15.1 Å². The molecule has 0 radical (unpaired) electrons. The Bertz CT molecular complexity index is 867. The molecule has 0 aromatic heterocycles. The quantitative estimate of drug-likeness (QED) is 0.589. The van der Waals surface area contributed by atoms with Crippen molar-refractivity contribution in [1.82, 2.24) is 5.32 Å². The Labute approximate surface area is 170 Å². The topological polar surface area (TPSA) is 63.2 Å². The predicted molar refractivity (Wildman–Crippen MR) is 113 cm³/mol. The van der Waals surface area contributed by atoms with Gasteiger partial charge in [-0.15, -0.1) is 0 Å². The molecule has 0 fully saturated rings. The first-order valence-electron chi connectivity index (χ1n) is 8.70. The summed E-state index contributed by atoms with van der Waals surface area (Å²) >= 11 is 7.65. The van der Waals surface area contributed by atoms with E-state index in [1.54, 1.807) is 55.2 Å². The van der Waals surface area contributed by atoms with Crippen molar-refractivity contribution in [2.75, 3.05) is 19.1 Å². The molecule has 1 N–H and O–H groups in total. The van der Waals surface area contributed by atoms with Crippen LogP contribution in [0.1, 0.15) is 40.4 Å². The Morgan fingerprint density at radius 1 is 1.15 bits per heavy atom. The molecule has 2 aromatic rings. The van der Waals surface area contributed by atoms with E-state index in [0.29, 0.717) is 22.6 Å². The summed E-state index contributed by atoms with van der Waals surface area (Å²) in [5, 5.41) is 2.37. The van der Waals surface area contributed by atoms with Gasteiger partial charge in [-0.05, 0) is 66.8 Å². The second-order valence-electron chi connectivity index (χ2n) is 6.18. The van der Waals surface area contributed by atoms with Gasteiger partial charge in [-0.25, -0.2) is 8.42 Å². The lowest BCUT2D eigenvalue weighted by atomic mass is 10.0. The van der Waals surface area contributed by atoms with Crippen molar-refractivity contribution < 1.29 is 13.2 Å². The lowest BCUT2D eigenvalue weighted by Crippen LogP contribution is -2.19. The summed E-state index contributed by atoms with van der Waals surface area (Å²) in [6.07, 6.45) is 4.28. The molecule has 2 aromatic carbocycles. The van der Waals surface area contributed by atoms with Crippen molar-refractivity contribution in [2.45, 2.75) is 29.4 Å². The van der Waals surface area contributed by atoms with Crippen LogP contribution in [-0.2, 0) is 9.84 Å². The third-order valence-electron chi connectivity index (χ3n) is 4.33. The molecule has 0 spiro atoms. The summed E-state index contributed by atoms with van der Waals surface area (Å²) in [4.78, 5) is 12.2. The van der Waals surface area contributed by atoms with Crippen LogP contribution in [0.25, 0.3) is 0 Å². The van der Waals surface area contributed by atoms with Gasteiger partial charge in [0, 0.05) is 17.6 Å². The first-order chi connectivity index (χ1) is 12.9. The Balaban J connectivity index is 2.41. The first kappa shape index (κ1) is 21.8. The van der Waals surface area contributed by atoms with Crippen LogP contribution in [0.2, 0.25) is 5.02 Å². The number of nitrogens with one attached hydrogen (secondary N) is 1. The molecule has 1 unspecified atom stereocenters. The highest BCUT2D eigenvalue weighted by Crippen LogP contribution is 2.34. The minimum Gasteiger partial charge on any atom is -0.355 e. The fourth-order valence-electron chi connectivity index (χ4n) is 2.89. The number of unbranched alkanes of at least 4 members (excludes halogenated alkanes) is 1. The summed E-state index contributed by atoms with van der Waals surface area (Å²) in [5.41, 5.74) is 1.09. The van der Waals surface area contributed by atoms with Gasteiger partial charge in [-0.2, -0.15) is 11.8 Å². The molecule has 0 aliphatic carbocycles. The summed E-state index contributed by atoms with van der Waals surface area (Å²) in [6.45, 7) is 0. The maximum absolute atomic E-state index is 13.3. The van der Waals surface area contributed by atoms with Crippen LogP contribution in [0, 0.1) is 0 Å². The molecule has 0 aliphatic rings. The zero-order valence-corrected chi connectivity index (χ0v) is 17.8. The normalized spacial score (nSPS) is 12.6. The van der Waals surface area contributed by atoms with Crippen LogP contribution in [-0.4, -0.2) is 33.4 Å². The number of benzene rings is 2. The van der Waals surface area contributed by atoms with Gasteiger partial charge in [0.2, 0.25) is 0 Å². The average molecular weight is 426 g/mol. The van der Waals surface area contributed by atoms with E-state index in [4.69, 9.17) is 11.6 Å². The first-order valence-corrected chi connectivity index (χ1v) is 12.0. The van der Waals surface area contributed by atoms with E-state index in [1.165, 1.54) is 12.1 Å². The number of rotatable bonds is 9. The lowest BCUT2D eigenvalue weighted by molar-refractivity contribution is 0.0963. The highest BCUT2D eigenvalue weighted by molar-refractivity contribution is 7.98. The number of halogens is 1. The third-order valence-corrected chi connectivity index (χ3v) is 7.46. The number of thioether (sulfide) groups is 1. The Morgan fingerprint density at radius 2 is 1.85 bits per heavy atom. The van der Waals surface area contributed by atoms with E-state index in [9.17, 15) is 13.2 Å². The lowest BCUT2D eigenvalue weighted by Gasteiger charge is -2.19. The second-order valence-corrected chi connectivity index (χ2v) is 9.73. The van der Waals surface area contributed by atoms with Crippen LogP contribution in [0.4, 0.5) is 0 Å². The van der Waals surface area contributed by atoms with E-state index in [1.807, 2.05) is 6.26 Å². The number of sulfone groups is 1. The molecule has 0 saturated heterocycles. The average Bonchev–Trinajstić information content (AvgIpc) is 2.67. The molecule has 0 aliphatic heterocycles. The van der Waals surface area contributed by atoms with Crippen molar-refractivity contribution in [3.8, 4) is 0 Å². The molecule has 1 amide bonds. The summed E-state index contributed by atoms with van der Waals surface area (Å²) in [6, 6.07) is 13.1. The van der Waals surface area contributed by atoms with Gasteiger partial charge < -0.3 is 5.32 Å². The zero-order chi connectivity index (χ0) is 19.9. The van der Waals surface area contributed by atoms with Crippen LogP contribution >= 0.6 is 23.4 Å². The molecule has 146 valence electrons. The minimum absolute atomic E-state index is 0.234. The van der Waals surface area contributed by atoms with Gasteiger partial charge in [0.05, 0.1) is 10.1 Å². The smallest absolute Gasteiger partial charge is 0.251 e. The number of carbonyl (C=O) groups excluding carboxylic acids is 1. The molecular weight excluding hydrogens is 402 g/mol. The predicted octanol–water partition coefficient (Wildman–Crippen LogP) is 4.75. The maximum atomic E-state index is 13.3. The molecule has 1 atom stereocenters. The van der Waals surface area contributed by atoms with Gasteiger partial charge in [0.1, 0.15) is 0 Å². The Kier molecular flexibility index (Phi) is 8.20. The van der Waals surface area contributed by atoms with Crippen LogP contribution in [0.15, 0.2) is 53.4 Å². The molecule has 2 rings (SSSR count). The SMILES string of the molecule is CNC(=O)c1cccc(C(CCCCSC)S(=O)(=O)c2ccc(Cl)cc2)c1. The van der Waals surface area contributed by atoms with Crippen molar-refractivity contribution >= 4 is 39.1 Å². The number of hydrogen-bond donors (Lipinski definition) is 1. The van der Waals surface area contributed by atoms with Gasteiger partial charge in [0.15, 0.2) is 9.84 Å². The largest absolute Gasteiger partial charge is 0.355 e. The minimum atomic E-state index is -3.60. The van der Waals surface area contributed by atoms with Gasteiger partial charge in [0.25, 0.3) is 5.91 Å². The van der Waals surface area contributed by atoms with E-state index in [2.05, 4.69) is 5.32 Å². The van der Waals surface area contributed by atoms with Crippen molar-refractivity contribution in [2.24, 2.45) is 0 Å².